The van der Waals surface area contributed by atoms with E-state index < -0.39 is 9.84 Å². The second-order valence-electron chi connectivity index (χ2n) is 2.99. The van der Waals surface area contributed by atoms with Gasteiger partial charge in [0.15, 0.2) is 0 Å². The van der Waals surface area contributed by atoms with Crippen LogP contribution in [0.4, 0.5) is 0 Å². The van der Waals surface area contributed by atoms with Gasteiger partial charge in [0.25, 0.3) is 0 Å². The Balaban J connectivity index is 2.32. The van der Waals surface area contributed by atoms with E-state index in [-0.39, 0.29) is 0 Å². The molecule has 80 valence electrons. The van der Waals surface area contributed by atoms with Crippen LogP contribution in [-0.4, -0.2) is 19.9 Å². The highest BCUT2D eigenvalue weighted by Gasteiger charge is 2.15. The molecule has 1 aromatic carbocycles. The molecule has 0 aliphatic carbocycles. The molecular weight excluding hydrogens is 248 g/mol. The van der Waals surface area contributed by atoms with E-state index in [4.69, 9.17) is 0 Å². The van der Waals surface area contributed by atoms with Crippen LogP contribution in [0.25, 0.3) is 0 Å². The molecule has 1 heterocycles. The number of sulfone groups is 1. The van der Waals surface area contributed by atoms with Crippen molar-refractivity contribution in [1.82, 2.24) is 0 Å². The fourth-order valence-electron chi connectivity index (χ4n) is 1.20. The molecule has 2 nitrogen and oxygen atoms in total. The lowest BCUT2D eigenvalue weighted by molar-refractivity contribution is 0.604. The Kier molecular flexibility index (Phi) is 3.43. The minimum Gasteiger partial charge on any atom is -0.219 e. The SMILES string of the molecule is O=S(=O)(C=C1SCCS1)c1ccccc1. The lowest BCUT2D eigenvalue weighted by atomic mass is 10.4. The molecule has 5 heteroatoms. The highest BCUT2D eigenvalue weighted by Crippen LogP contribution is 2.37. The van der Waals surface area contributed by atoms with Crippen LogP contribution >= 0.6 is 23.5 Å². The molecule has 2 rings (SSSR count). The summed E-state index contributed by atoms with van der Waals surface area (Å²) in [5.74, 6) is 2.00. The first-order chi connectivity index (χ1) is 7.18. The maximum absolute atomic E-state index is 11.9. The van der Waals surface area contributed by atoms with Gasteiger partial charge in [0.05, 0.1) is 14.5 Å². The normalized spacial score (nSPS) is 16.7. The van der Waals surface area contributed by atoms with Crippen LogP contribution in [-0.2, 0) is 9.84 Å². The van der Waals surface area contributed by atoms with Gasteiger partial charge in [-0.25, -0.2) is 8.42 Å². The minimum absolute atomic E-state index is 0.366. The van der Waals surface area contributed by atoms with Crippen LogP contribution < -0.4 is 0 Å². The Morgan fingerprint density at radius 2 is 1.67 bits per heavy atom. The van der Waals surface area contributed by atoms with Crippen LogP contribution in [0.3, 0.4) is 0 Å². The van der Waals surface area contributed by atoms with Gasteiger partial charge in [0.1, 0.15) is 0 Å². The quantitative estimate of drug-likeness (QED) is 0.817. The minimum atomic E-state index is -3.25. The van der Waals surface area contributed by atoms with Gasteiger partial charge < -0.3 is 0 Å². The summed E-state index contributed by atoms with van der Waals surface area (Å²) in [5.41, 5.74) is 0. The lowest BCUT2D eigenvalue weighted by Gasteiger charge is -1.99. The first-order valence-electron chi connectivity index (χ1n) is 4.46. The number of hydrogen-bond donors (Lipinski definition) is 0. The third-order valence-electron chi connectivity index (χ3n) is 1.90. The fraction of sp³-hybridized carbons (Fsp3) is 0.200. The summed E-state index contributed by atoms with van der Waals surface area (Å²) in [5, 5.41) is 1.38. The smallest absolute Gasteiger partial charge is 0.201 e. The molecule has 1 aromatic rings. The summed E-state index contributed by atoms with van der Waals surface area (Å²) in [6.07, 6.45) is 0. The Morgan fingerprint density at radius 1 is 1.07 bits per heavy atom. The number of thioether (sulfide) groups is 2. The molecular formula is C10H10O2S3. The van der Waals surface area contributed by atoms with Crippen LogP contribution in [0.5, 0.6) is 0 Å². The van der Waals surface area contributed by atoms with Crippen LogP contribution in [0.1, 0.15) is 0 Å². The van der Waals surface area contributed by atoms with E-state index in [2.05, 4.69) is 0 Å². The van der Waals surface area contributed by atoms with Crippen molar-refractivity contribution >= 4 is 33.4 Å². The molecule has 1 aliphatic rings. The van der Waals surface area contributed by atoms with Crippen molar-refractivity contribution in [2.45, 2.75) is 4.90 Å². The average Bonchev–Trinajstić information content (AvgIpc) is 2.71. The van der Waals surface area contributed by atoms with Gasteiger partial charge >= 0.3 is 0 Å². The van der Waals surface area contributed by atoms with Crippen molar-refractivity contribution in [2.24, 2.45) is 0 Å². The van der Waals surface area contributed by atoms with Crippen molar-refractivity contribution in [1.29, 1.82) is 0 Å². The van der Waals surface area contributed by atoms with Crippen LogP contribution in [0.2, 0.25) is 0 Å². The topological polar surface area (TPSA) is 34.1 Å². The molecule has 1 saturated heterocycles. The van der Waals surface area contributed by atoms with Crippen molar-refractivity contribution < 1.29 is 8.42 Å². The second kappa shape index (κ2) is 4.63. The van der Waals surface area contributed by atoms with Gasteiger partial charge in [0, 0.05) is 11.5 Å². The van der Waals surface area contributed by atoms with Crippen LogP contribution in [0.15, 0.2) is 44.9 Å². The molecule has 15 heavy (non-hydrogen) atoms. The summed E-state index contributed by atoms with van der Waals surface area (Å²) in [7, 11) is -3.25. The monoisotopic (exact) mass is 258 g/mol. The Labute approximate surface area is 98.1 Å². The molecule has 0 radical (unpaired) electrons. The van der Waals surface area contributed by atoms with Gasteiger partial charge in [-0.3, -0.25) is 0 Å². The van der Waals surface area contributed by atoms with Gasteiger partial charge in [0.2, 0.25) is 9.84 Å². The summed E-state index contributed by atoms with van der Waals surface area (Å²) in [6.45, 7) is 0. The van der Waals surface area contributed by atoms with E-state index in [9.17, 15) is 8.42 Å². The Hall–Kier alpha value is -0.390. The first-order valence-corrected chi connectivity index (χ1v) is 7.98. The van der Waals surface area contributed by atoms with Crippen molar-refractivity contribution in [3.63, 3.8) is 0 Å². The summed E-state index contributed by atoms with van der Waals surface area (Å²) in [6, 6.07) is 8.53. The molecule has 0 amide bonds. The van der Waals surface area contributed by atoms with E-state index in [1.165, 1.54) is 5.41 Å². The molecule has 1 aliphatic heterocycles. The van der Waals surface area contributed by atoms with Crippen molar-refractivity contribution in [3.05, 3.63) is 40.0 Å². The highest BCUT2D eigenvalue weighted by molar-refractivity contribution is 8.25. The molecule has 0 bridgehead atoms. The Morgan fingerprint density at radius 3 is 2.27 bits per heavy atom. The lowest BCUT2D eigenvalue weighted by Crippen LogP contribution is -1.95. The second-order valence-corrected chi connectivity index (χ2v) is 7.32. The molecule has 0 aromatic heterocycles. The van der Waals surface area contributed by atoms with E-state index in [0.29, 0.717) is 4.90 Å². The van der Waals surface area contributed by atoms with Crippen molar-refractivity contribution in [3.8, 4) is 0 Å². The van der Waals surface area contributed by atoms with Gasteiger partial charge in [-0.15, -0.1) is 23.5 Å². The van der Waals surface area contributed by atoms with Crippen molar-refractivity contribution in [2.75, 3.05) is 11.5 Å². The molecule has 0 spiro atoms. The standard InChI is InChI=1S/C10H10O2S3/c11-15(12,8-10-13-6-7-14-10)9-4-2-1-3-5-9/h1-5,8H,6-7H2. The molecule has 0 N–H and O–H groups in total. The molecule has 0 atom stereocenters. The van der Waals surface area contributed by atoms with E-state index in [1.54, 1.807) is 47.8 Å². The largest absolute Gasteiger partial charge is 0.219 e. The Bertz CT molecular complexity index is 455. The highest BCUT2D eigenvalue weighted by atomic mass is 32.2. The summed E-state index contributed by atoms with van der Waals surface area (Å²) >= 11 is 3.22. The summed E-state index contributed by atoms with van der Waals surface area (Å²) < 4.78 is 24.7. The van der Waals surface area contributed by atoms with Gasteiger partial charge in [-0.1, -0.05) is 18.2 Å². The number of benzene rings is 1. The zero-order valence-corrected chi connectivity index (χ0v) is 10.4. The zero-order valence-electron chi connectivity index (χ0n) is 7.92. The van der Waals surface area contributed by atoms with Gasteiger partial charge in [-0.05, 0) is 12.1 Å². The predicted molar refractivity (Wildman–Crippen MR) is 66.6 cm³/mol. The molecule has 0 unspecified atom stereocenters. The average molecular weight is 258 g/mol. The predicted octanol–water partition coefficient (Wildman–Crippen LogP) is 2.74. The summed E-state index contributed by atoms with van der Waals surface area (Å²) in [4.78, 5) is 0.366. The third-order valence-corrected chi connectivity index (χ3v) is 6.26. The van der Waals surface area contributed by atoms with Crippen LogP contribution in [0, 0.1) is 0 Å². The fourth-order valence-corrected chi connectivity index (χ4v) is 5.33. The number of hydrogen-bond acceptors (Lipinski definition) is 4. The van der Waals surface area contributed by atoms with E-state index >= 15 is 0 Å². The maximum atomic E-state index is 11.9. The molecule has 0 saturated carbocycles. The number of rotatable bonds is 2. The molecule has 1 fully saturated rings. The maximum Gasteiger partial charge on any atom is 0.201 e. The van der Waals surface area contributed by atoms with E-state index in [1.807, 2.05) is 6.07 Å². The van der Waals surface area contributed by atoms with Gasteiger partial charge in [-0.2, -0.15) is 0 Å². The third kappa shape index (κ3) is 2.80. The van der Waals surface area contributed by atoms with E-state index in [0.717, 1.165) is 15.7 Å². The first kappa shape index (κ1) is 11.1. The zero-order chi connectivity index (χ0) is 10.7.